The minimum Gasteiger partial charge on any atom is -0.338 e. The van der Waals surface area contributed by atoms with Crippen molar-refractivity contribution in [3.05, 3.63) is 35.1 Å². The molecule has 0 spiro atoms. The molecule has 100 valence electrons. The molecule has 2 rings (SSSR count). The Morgan fingerprint density at radius 2 is 1.84 bits per heavy atom. The van der Waals surface area contributed by atoms with Gasteiger partial charge in [-0.3, -0.25) is 4.79 Å². The molecule has 3 nitrogen and oxygen atoms in total. The Morgan fingerprint density at radius 3 is 2.42 bits per heavy atom. The first kappa shape index (κ1) is 13.4. The Kier molecular flexibility index (Phi) is 3.74. The molecule has 1 aliphatic rings. The zero-order valence-electron chi connectivity index (χ0n) is 10.00. The number of hydrogen-bond donors (Lipinski definition) is 0. The predicted molar refractivity (Wildman–Crippen MR) is 60.6 cm³/mol. The summed E-state index contributed by atoms with van der Waals surface area (Å²) < 4.78 is 39.4. The second-order valence-electron chi connectivity index (χ2n) is 4.42. The fourth-order valence-corrected chi connectivity index (χ4v) is 2.07. The standard InChI is InChI=1S/C13H11F3N2O/c14-10-2-1-9(11(15)12(10)16)13(19)18-5-3-8(7-17)4-6-18/h1-2,8H,3-6H2. The van der Waals surface area contributed by atoms with Crippen molar-refractivity contribution < 1.29 is 18.0 Å². The normalized spacial score (nSPS) is 16.2. The number of nitriles is 1. The van der Waals surface area contributed by atoms with Gasteiger partial charge < -0.3 is 4.90 Å². The fourth-order valence-electron chi connectivity index (χ4n) is 2.07. The molecule has 0 saturated carbocycles. The largest absolute Gasteiger partial charge is 0.338 e. The summed E-state index contributed by atoms with van der Waals surface area (Å²) >= 11 is 0. The van der Waals surface area contributed by atoms with E-state index in [1.165, 1.54) is 4.90 Å². The second kappa shape index (κ2) is 5.31. The van der Waals surface area contributed by atoms with E-state index in [0.717, 1.165) is 12.1 Å². The highest BCUT2D eigenvalue weighted by atomic mass is 19.2. The van der Waals surface area contributed by atoms with E-state index in [1.807, 2.05) is 0 Å². The Bertz CT molecular complexity index is 546. The monoisotopic (exact) mass is 268 g/mol. The number of benzene rings is 1. The first-order valence-corrected chi connectivity index (χ1v) is 5.87. The van der Waals surface area contributed by atoms with Crippen LogP contribution in [0.2, 0.25) is 0 Å². The molecular weight excluding hydrogens is 257 g/mol. The first-order valence-electron chi connectivity index (χ1n) is 5.87. The van der Waals surface area contributed by atoms with E-state index in [-0.39, 0.29) is 5.92 Å². The van der Waals surface area contributed by atoms with E-state index in [0.29, 0.717) is 25.9 Å². The summed E-state index contributed by atoms with van der Waals surface area (Å²) in [6, 6.07) is 3.78. The molecule has 1 heterocycles. The highest BCUT2D eigenvalue weighted by Gasteiger charge is 2.27. The van der Waals surface area contributed by atoms with Gasteiger partial charge in [0, 0.05) is 19.0 Å². The minimum absolute atomic E-state index is 0.112. The van der Waals surface area contributed by atoms with E-state index in [9.17, 15) is 18.0 Å². The van der Waals surface area contributed by atoms with Crippen LogP contribution < -0.4 is 0 Å². The molecular formula is C13H11F3N2O. The summed E-state index contributed by atoms with van der Waals surface area (Å²) in [7, 11) is 0. The first-order chi connectivity index (χ1) is 9.04. The van der Waals surface area contributed by atoms with Crippen molar-refractivity contribution >= 4 is 5.91 Å². The lowest BCUT2D eigenvalue weighted by atomic mass is 9.98. The molecule has 0 aromatic heterocycles. The predicted octanol–water partition coefficient (Wildman–Crippen LogP) is 2.48. The zero-order chi connectivity index (χ0) is 14.0. The lowest BCUT2D eigenvalue weighted by Gasteiger charge is -2.29. The number of piperidine rings is 1. The van der Waals surface area contributed by atoms with Gasteiger partial charge in [-0.05, 0) is 25.0 Å². The number of nitrogens with zero attached hydrogens (tertiary/aromatic N) is 2. The number of hydrogen-bond acceptors (Lipinski definition) is 2. The van der Waals surface area contributed by atoms with Crippen LogP contribution >= 0.6 is 0 Å². The summed E-state index contributed by atoms with van der Waals surface area (Å²) in [6.07, 6.45) is 1.01. The van der Waals surface area contributed by atoms with Crippen molar-refractivity contribution in [1.82, 2.24) is 4.90 Å². The molecule has 6 heteroatoms. The summed E-state index contributed by atoms with van der Waals surface area (Å²) in [5, 5.41) is 8.74. The minimum atomic E-state index is -1.64. The van der Waals surface area contributed by atoms with Crippen LogP contribution in [0.5, 0.6) is 0 Å². The zero-order valence-corrected chi connectivity index (χ0v) is 10.00. The molecule has 0 radical (unpaired) electrons. The topological polar surface area (TPSA) is 44.1 Å². The quantitative estimate of drug-likeness (QED) is 0.734. The SMILES string of the molecule is N#CC1CCN(C(=O)c2ccc(F)c(F)c2F)CC1. The van der Waals surface area contributed by atoms with Crippen molar-refractivity contribution in [2.24, 2.45) is 5.92 Å². The number of amides is 1. The maximum Gasteiger partial charge on any atom is 0.256 e. The van der Waals surface area contributed by atoms with E-state index in [2.05, 4.69) is 6.07 Å². The van der Waals surface area contributed by atoms with Crippen LogP contribution in [0.15, 0.2) is 12.1 Å². The van der Waals surface area contributed by atoms with Gasteiger partial charge in [-0.25, -0.2) is 13.2 Å². The van der Waals surface area contributed by atoms with Crippen molar-refractivity contribution in [2.75, 3.05) is 13.1 Å². The molecule has 0 N–H and O–H groups in total. The third kappa shape index (κ3) is 2.55. The molecule has 0 aliphatic carbocycles. The maximum absolute atomic E-state index is 13.5. The Morgan fingerprint density at radius 1 is 1.21 bits per heavy atom. The maximum atomic E-state index is 13.5. The van der Waals surface area contributed by atoms with E-state index in [4.69, 9.17) is 5.26 Å². The van der Waals surface area contributed by atoms with E-state index in [1.54, 1.807) is 0 Å². The van der Waals surface area contributed by atoms with Gasteiger partial charge in [0.2, 0.25) is 0 Å². The van der Waals surface area contributed by atoms with Gasteiger partial charge in [-0.15, -0.1) is 0 Å². The molecule has 1 fully saturated rings. The summed E-state index contributed by atoms with van der Waals surface area (Å²) in [4.78, 5) is 13.3. The highest BCUT2D eigenvalue weighted by molar-refractivity contribution is 5.94. The van der Waals surface area contributed by atoms with Gasteiger partial charge in [0.15, 0.2) is 17.5 Å². The van der Waals surface area contributed by atoms with Crippen molar-refractivity contribution in [3.8, 4) is 6.07 Å². The molecule has 0 atom stereocenters. The Balaban J connectivity index is 2.18. The summed E-state index contributed by atoms with van der Waals surface area (Å²) in [6.45, 7) is 0.630. The van der Waals surface area contributed by atoms with Crippen LogP contribution in [0.25, 0.3) is 0 Å². The molecule has 1 aromatic carbocycles. The number of likely N-dealkylation sites (tertiary alicyclic amines) is 1. The van der Waals surface area contributed by atoms with Gasteiger partial charge in [0.25, 0.3) is 5.91 Å². The lowest BCUT2D eigenvalue weighted by Crippen LogP contribution is -2.38. The number of carbonyl (C=O) groups excluding carboxylic acids is 1. The Labute approximate surface area is 108 Å². The fraction of sp³-hybridized carbons (Fsp3) is 0.385. The molecule has 0 unspecified atom stereocenters. The van der Waals surface area contributed by atoms with Gasteiger partial charge in [-0.2, -0.15) is 5.26 Å². The van der Waals surface area contributed by atoms with E-state index < -0.39 is 28.9 Å². The average molecular weight is 268 g/mol. The lowest BCUT2D eigenvalue weighted by molar-refractivity contribution is 0.0701. The van der Waals surface area contributed by atoms with Crippen molar-refractivity contribution in [1.29, 1.82) is 5.26 Å². The molecule has 1 amide bonds. The van der Waals surface area contributed by atoms with Crippen LogP contribution in [0.4, 0.5) is 13.2 Å². The molecule has 19 heavy (non-hydrogen) atoms. The molecule has 1 saturated heterocycles. The third-order valence-corrected chi connectivity index (χ3v) is 3.23. The Hall–Kier alpha value is -2.03. The molecule has 1 aromatic rings. The number of rotatable bonds is 1. The molecule has 0 bridgehead atoms. The smallest absolute Gasteiger partial charge is 0.256 e. The van der Waals surface area contributed by atoms with Gasteiger partial charge in [0.05, 0.1) is 11.6 Å². The van der Waals surface area contributed by atoms with Crippen LogP contribution in [-0.2, 0) is 0 Å². The highest BCUT2D eigenvalue weighted by Crippen LogP contribution is 2.21. The van der Waals surface area contributed by atoms with Crippen LogP contribution in [0.3, 0.4) is 0 Å². The van der Waals surface area contributed by atoms with Gasteiger partial charge >= 0.3 is 0 Å². The van der Waals surface area contributed by atoms with E-state index >= 15 is 0 Å². The van der Waals surface area contributed by atoms with Crippen LogP contribution in [0.1, 0.15) is 23.2 Å². The van der Waals surface area contributed by atoms with Crippen molar-refractivity contribution in [2.45, 2.75) is 12.8 Å². The number of halogens is 3. The average Bonchev–Trinajstić information content (AvgIpc) is 2.44. The third-order valence-electron chi connectivity index (χ3n) is 3.23. The summed E-state index contributed by atoms with van der Waals surface area (Å²) in [5.74, 6) is -5.21. The van der Waals surface area contributed by atoms with Crippen molar-refractivity contribution in [3.63, 3.8) is 0 Å². The number of carbonyl (C=O) groups is 1. The van der Waals surface area contributed by atoms with Crippen LogP contribution in [-0.4, -0.2) is 23.9 Å². The van der Waals surface area contributed by atoms with Gasteiger partial charge in [-0.1, -0.05) is 0 Å². The van der Waals surface area contributed by atoms with Gasteiger partial charge in [0.1, 0.15) is 0 Å². The second-order valence-corrected chi connectivity index (χ2v) is 4.42. The summed E-state index contributed by atoms with van der Waals surface area (Å²) in [5.41, 5.74) is -0.477. The molecule has 1 aliphatic heterocycles. The van der Waals surface area contributed by atoms with Crippen LogP contribution in [0, 0.1) is 34.7 Å².